The molecule has 29 heavy (non-hydrogen) atoms. The number of para-hydroxylation sites is 1. The van der Waals surface area contributed by atoms with E-state index in [1.165, 1.54) is 0 Å². The van der Waals surface area contributed by atoms with E-state index in [9.17, 15) is 14.4 Å². The van der Waals surface area contributed by atoms with Gasteiger partial charge in [-0.1, -0.05) is 18.2 Å². The molecule has 0 unspecified atom stereocenters. The molecule has 1 aromatic heterocycles. The molecule has 1 heterocycles. The van der Waals surface area contributed by atoms with E-state index in [1.807, 2.05) is 38.1 Å². The largest absolute Gasteiger partial charge is 0.348 e. The summed E-state index contributed by atoms with van der Waals surface area (Å²) in [6, 6.07) is 17.1. The number of aryl methyl sites for hydroxylation is 2. The maximum atomic E-state index is 12.4. The van der Waals surface area contributed by atoms with Crippen molar-refractivity contribution in [1.29, 1.82) is 0 Å². The minimum absolute atomic E-state index is 0.139. The van der Waals surface area contributed by atoms with E-state index >= 15 is 0 Å². The zero-order valence-electron chi connectivity index (χ0n) is 16.2. The van der Waals surface area contributed by atoms with Crippen LogP contribution in [0, 0.1) is 13.8 Å². The van der Waals surface area contributed by atoms with E-state index in [-0.39, 0.29) is 24.0 Å². The highest BCUT2D eigenvalue weighted by Crippen LogP contribution is 2.12. The van der Waals surface area contributed by atoms with Gasteiger partial charge in [-0.15, -0.1) is 0 Å². The van der Waals surface area contributed by atoms with Crippen molar-refractivity contribution in [3.63, 3.8) is 0 Å². The highest BCUT2D eigenvalue weighted by atomic mass is 16.2. The summed E-state index contributed by atoms with van der Waals surface area (Å²) in [6.07, 6.45) is 0. The summed E-state index contributed by atoms with van der Waals surface area (Å²) in [7, 11) is 0. The second kappa shape index (κ2) is 8.88. The summed E-state index contributed by atoms with van der Waals surface area (Å²) in [4.78, 5) is 39.1. The van der Waals surface area contributed by atoms with Gasteiger partial charge in [-0.05, 0) is 61.9 Å². The number of anilines is 2. The van der Waals surface area contributed by atoms with Gasteiger partial charge in [0.25, 0.3) is 11.5 Å². The van der Waals surface area contributed by atoms with Crippen LogP contribution in [-0.4, -0.2) is 16.9 Å². The van der Waals surface area contributed by atoms with Crippen LogP contribution >= 0.6 is 0 Å². The van der Waals surface area contributed by atoms with Gasteiger partial charge >= 0.3 is 6.03 Å². The number of aromatic amines is 1. The molecule has 2 aromatic carbocycles. The minimum atomic E-state index is -0.373. The van der Waals surface area contributed by atoms with E-state index in [0.29, 0.717) is 22.5 Å². The number of amides is 3. The number of benzene rings is 2. The zero-order chi connectivity index (χ0) is 20.8. The van der Waals surface area contributed by atoms with Gasteiger partial charge in [0.05, 0.1) is 0 Å². The predicted octanol–water partition coefficient (Wildman–Crippen LogP) is 3.57. The molecule has 148 valence electrons. The van der Waals surface area contributed by atoms with Crippen LogP contribution in [0.1, 0.15) is 27.2 Å². The zero-order valence-corrected chi connectivity index (χ0v) is 16.2. The fraction of sp³-hybridized carbons (Fsp3) is 0.136. The molecule has 3 aromatic rings. The third kappa shape index (κ3) is 5.32. The standard InChI is InChI=1S/C22H22N4O3/c1-14-12-15(2)24-21(28)19(14)13-23-20(27)16-8-10-18(11-9-16)26-22(29)25-17-6-4-3-5-7-17/h3-12H,13H2,1-2H3,(H,23,27)(H,24,28)(H2,25,26,29). The molecule has 7 heteroatoms. The Morgan fingerprint density at radius 2 is 1.52 bits per heavy atom. The van der Waals surface area contributed by atoms with Gasteiger partial charge < -0.3 is 20.9 Å². The van der Waals surface area contributed by atoms with Crippen LogP contribution in [-0.2, 0) is 6.54 Å². The fourth-order valence-corrected chi connectivity index (χ4v) is 2.89. The molecule has 0 aliphatic rings. The van der Waals surface area contributed by atoms with E-state index in [0.717, 1.165) is 11.3 Å². The van der Waals surface area contributed by atoms with Gasteiger partial charge in [0.2, 0.25) is 0 Å². The monoisotopic (exact) mass is 390 g/mol. The number of aromatic nitrogens is 1. The quantitative estimate of drug-likeness (QED) is 0.535. The van der Waals surface area contributed by atoms with Gasteiger partial charge in [-0.2, -0.15) is 0 Å². The highest BCUT2D eigenvalue weighted by molar-refractivity contribution is 6.00. The van der Waals surface area contributed by atoms with Gasteiger partial charge in [0.1, 0.15) is 0 Å². The van der Waals surface area contributed by atoms with Crippen molar-refractivity contribution in [1.82, 2.24) is 10.3 Å². The lowest BCUT2D eigenvalue weighted by Crippen LogP contribution is -2.28. The van der Waals surface area contributed by atoms with Crippen LogP contribution in [0.5, 0.6) is 0 Å². The highest BCUT2D eigenvalue weighted by Gasteiger charge is 2.10. The number of carbonyl (C=O) groups excluding carboxylic acids is 2. The fourth-order valence-electron chi connectivity index (χ4n) is 2.89. The van der Waals surface area contributed by atoms with Crippen molar-refractivity contribution in [3.8, 4) is 0 Å². The Kier molecular flexibility index (Phi) is 6.09. The molecule has 0 spiro atoms. The number of hydrogen-bond acceptors (Lipinski definition) is 3. The van der Waals surface area contributed by atoms with Crippen molar-refractivity contribution >= 4 is 23.3 Å². The molecule has 0 atom stereocenters. The molecule has 0 aliphatic heterocycles. The van der Waals surface area contributed by atoms with Crippen molar-refractivity contribution in [2.75, 3.05) is 10.6 Å². The number of urea groups is 1. The lowest BCUT2D eigenvalue weighted by molar-refractivity contribution is 0.0950. The summed E-state index contributed by atoms with van der Waals surface area (Å²) >= 11 is 0. The smallest absolute Gasteiger partial charge is 0.323 e. The van der Waals surface area contributed by atoms with E-state index in [1.54, 1.807) is 36.4 Å². The number of hydrogen-bond donors (Lipinski definition) is 4. The van der Waals surface area contributed by atoms with Crippen LogP contribution in [0.4, 0.5) is 16.2 Å². The average molecular weight is 390 g/mol. The molecule has 7 nitrogen and oxygen atoms in total. The Balaban J connectivity index is 1.57. The summed E-state index contributed by atoms with van der Waals surface area (Å²) < 4.78 is 0. The Morgan fingerprint density at radius 3 is 2.14 bits per heavy atom. The number of nitrogens with one attached hydrogen (secondary N) is 4. The Morgan fingerprint density at radius 1 is 0.897 bits per heavy atom. The van der Waals surface area contributed by atoms with Crippen LogP contribution < -0.4 is 21.5 Å². The number of pyridine rings is 1. The lowest BCUT2D eigenvalue weighted by Gasteiger charge is -2.10. The van der Waals surface area contributed by atoms with Crippen LogP contribution in [0.3, 0.4) is 0 Å². The second-order valence-corrected chi connectivity index (χ2v) is 6.65. The Bertz CT molecular complexity index is 1070. The van der Waals surface area contributed by atoms with E-state index in [4.69, 9.17) is 0 Å². The molecule has 3 rings (SSSR count). The molecule has 0 aliphatic carbocycles. The minimum Gasteiger partial charge on any atom is -0.348 e. The normalized spacial score (nSPS) is 10.3. The first kappa shape index (κ1) is 19.9. The van der Waals surface area contributed by atoms with Crippen LogP contribution in [0.2, 0.25) is 0 Å². The van der Waals surface area contributed by atoms with Crippen molar-refractivity contribution in [2.24, 2.45) is 0 Å². The molecule has 4 N–H and O–H groups in total. The molecule has 0 saturated carbocycles. The molecular formula is C22H22N4O3. The molecule has 0 saturated heterocycles. The van der Waals surface area contributed by atoms with E-state index in [2.05, 4.69) is 20.9 Å². The van der Waals surface area contributed by atoms with Gasteiger partial charge in [0.15, 0.2) is 0 Å². The first-order valence-corrected chi connectivity index (χ1v) is 9.13. The molecular weight excluding hydrogens is 368 g/mol. The third-order valence-electron chi connectivity index (χ3n) is 4.36. The number of rotatable bonds is 5. The van der Waals surface area contributed by atoms with Crippen LogP contribution in [0.15, 0.2) is 65.5 Å². The van der Waals surface area contributed by atoms with Crippen molar-refractivity contribution in [3.05, 3.63) is 93.4 Å². The topological polar surface area (TPSA) is 103 Å². The van der Waals surface area contributed by atoms with Gasteiger partial charge in [-0.3, -0.25) is 9.59 Å². The first-order valence-electron chi connectivity index (χ1n) is 9.13. The lowest BCUT2D eigenvalue weighted by atomic mass is 10.1. The molecule has 0 bridgehead atoms. The van der Waals surface area contributed by atoms with Crippen molar-refractivity contribution < 1.29 is 9.59 Å². The predicted molar refractivity (Wildman–Crippen MR) is 113 cm³/mol. The van der Waals surface area contributed by atoms with E-state index < -0.39 is 0 Å². The third-order valence-corrected chi connectivity index (χ3v) is 4.36. The maximum absolute atomic E-state index is 12.4. The van der Waals surface area contributed by atoms with Gasteiger partial charge in [-0.25, -0.2) is 4.79 Å². The maximum Gasteiger partial charge on any atom is 0.323 e. The molecule has 0 radical (unpaired) electrons. The first-order chi connectivity index (χ1) is 13.9. The Labute approximate surface area is 168 Å². The summed E-state index contributed by atoms with van der Waals surface area (Å²) in [6.45, 7) is 3.79. The summed E-state index contributed by atoms with van der Waals surface area (Å²) in [5.74, 6) is -0.301. The van der Waals surface area contributed by atoms with Gasteiger partial charge in [0, 0.05) is 34.7 Å². The Hall–Kier alpha value is -3.87. The number of carbonyl (C=O) groups is 2. The SMILES string of the molecule is Cc1cc(C)c(CNC(=O)c2ccc(NC(=O)Nc3ccccc3)cc2)c(=O)[nH]1. The van der Waals surface area contributed by atoms with Crippen molar-refractivity contribution in [2.45, 2.75) is 20.4 Å². The summed E-state index contributed by atoms with van der Waals surface area (Å²) in [5, 5.41) is 8.18. The average Bonchev–Trinajstić information content (AvgIpc) is 2.68. The summed E-state index contributed by atoms with van der Waals surface area (Å²) in [5.41, 5.74) is 3.60. The second-order valence-electron chi connectivity index (χ2n) is 6.65. The molecule has 3 amide bonds. The molecule has 0 fully saturated rings. The number of H-pyrrole nitrogens is 1. The van der Waals surface area contributed by atoms with Crippen LogP contribution in [0.25, 0.3) is 0 Å².